The molecule has 6 heteroatoms. The van der Waals surface area contributed by atoms with Crippen LogP contribution in [0.1, 0.15) is 48.8 Å². The van der Waals surface area contributed by atoms with Gasteiger partial charge in [0.15, 0.2) is 17.3 Å². The number of benzene rings is 1. The Kier molecular flexibility index (Phi) is 4.76. The number of rotatable bonds is 4. The summed E-state index contributed by atoms with van der Waals surface area (Å²) in [4.78, 5) is 30.3. The molecule has 2 aromatic rings. The molecule has 0 radical (unpaired) electrons. The Balaban J connectivity index is 1.40. The topological polar surface area (TPSA) is 88.5 Å². The molecular formula is C25H28N2O4. The number of carbonyl (C=O) groups excluding carboxylic acids is 2. The molecule has 1 aromatic carbocycles. The first-order valence-electron chi connectivity index (χ1n) is 11.0. The van der Waals surface area contributed by atoms with E-state index >= 15 is 0 Å². The molecule has 5 atom stereocenters. The number of hydrogen-bond donors (Lipinski definition) is 2. The molecule has 5 rings (SSSR count). The number of pyridine rings is 1. The predicted molar refractivity (Wildman–Crippen MR) is 115 cm³/mol. The fourth-order valence-corrected chi connectivity index (χ4v) is 6.41. The van der Waals surface area contributed by atoms with Crippen LogP contribution >= 0.6 is 0 Å². The van der Waals surface area contributed by atoms with E-state index in [-0.39, 0.29) is 35.2 Å². The summed E-state index contributed by atoms with van der Waals surface area (Å²) in [5, 5.41) is 13.2. The Morgan fingerprint density at radius 1 is 1.35 bits per heavy atom. The molecule has 6 nitrogen and oxygen atoms in total. The second-order valence-electron chi connectivity index (χ2n) is 9.43. The summed E-state index contributed by atoms with van der Waals surface area (Å²) in [6, 6.07) is 7.53. The summed E-state index contributed by atoms with van der Waals surface area (Å²) in [6.07, 6.45) is 6.93. The van der Waals surface area contributed by atoms with Crippen molar-refractivity contribution in [3.8, 4) is 11.5 Å². The van der Waals surface area contributed by atoms with Crippen molar-refractivity contribution < 1.29 is 19.4 Å². The van der Waals surface area contributed by atoms with Gasteiger partial charge in [-0.2, -0.15) is 0 Å². The van der Waals surface area contributed by atoms with Gasteiger partial charge in [0.25, 0.3) is 0 Å². The van der Waals surface area contributed by atoms with E-state index in [1.165, 1.54) is 5.56 Å². The molecule has 2 saturated carbocycles. The highest BCUT2D eigenvalue weighted by Crippen LogP contribution is 2.64. The van der Waals surface area contributed by atoms with Crippen molar-refractivity contribution in [3.05, 3.63) is 53.3 Å². The smallest absolute Gasteiger partial charge is 0.231 e. The van der Waals surface area contributed by atoms with E-state index in [1.807, 2.05) is 31.2 Å². The van der Waals surface area contributed by atoms with Gasteiger partial charge in [-0.3, -0.25) is 14.6 Å². The monoisotopic (exact) mass is 420 g/mol. The molecule has 2 fully saturated rings. The van der Waals surface area contributed by atoms with Crippen LogP contribution in [0.3, 0.4) is 0 Å². The average molecular weight is 421 g/mol. The van der Waals surface area contributed by atoms with Crippen molar-refractivity contribution in [2.45, 2.75) is 45.1 Å². The number of nitrogens with one attached hydrogen (secondary N) is 1. The predicted octanol–water partition coefficient (Wildman–Crippen LogP) is 3.37. The molecule has 1 aromatic heterocycles. The van der Waals surface area contributed by atoms with Gasteiger partial charge in [0.05, 0.1) is 7.11 Å². The first-order valence-corrected chi connectivity index (χ1v) is 11.0. The van der Waals surface area contributed by atoms with E-state index in [9.17, 15) is 14.7 Å². The third kappa shape index (κ3) is 3.03. The zero-order valence-corrected chi connectivity index (χ0v) is 17.9. The number of Topliss-reactive ketones (excluding diaryl/α,β-unsaturated/α-hetero) is 1. The van der Waals surface area contributed by atoms with Gasteiger partial charge in [-0.15, -0.1) is 0 Å². The lowest BCUT2D eigenvalue weighted by molar-refractivity contribution is -0.174. The number of amides is 1. The number of fused-ring (bicyclic) bond motifs is 5. The Morgan fingerprint density at radius 2 is 2.19 bits per heavy atom. The number of phenols is 1. The molecule has 3 aliphatic carbocycles. The summed E-state index contributed by atoms with van der Waals surface area (Å²) < 4.78 is 5.35. The summed E-state index contributed by atoms with van der Waals surface area (Å²) in [6.45, 7) is 2.43. The van der Waals surface area contributed by atoms with Gasteiger partial charge in [-0.25, -0.2) is 0 Å². The van der Waals surface area contributed by atoms with Gasteiger partial charge >= 0.3 is 0 Å². The molecule has 0 spiro atoms. The molecule has 1 amide bonds. The minimum absolute atomic E-state index is 0.0561. The number of nitrogens with zero attached hydrogens (tertiary/aromatic N) is 1. The van der Waals surface area contributed by atoms with Crippen LogP contribution in [-0.2, 0) is 22.6 Å². The second-order valence-corrected chi connectivity index (χ2v) is 9.43. The maximum Gasteiger partial charge on any atom is 0.231 e. The van der Waals surface area contributed by atoms with E-state index in [0.29, 0.717) is 12.3 Å². The number of hydrogen-bond acceptors (Lipinski definition) is 5. The Hall–Kier alpha value is -2.89. The Labute approximate surface area is 182 Å². The van der Waals surface area contributed by atoms with Gasteiger partial charge in [0.2, 0.25) is 5.91 Å². The summed E-state index contributed by atoms with van der Waals surface area (Å²) in [5.74, 6) is 0.649. The molecule has 31 heavy (non-hydrogen) atoms. The Morgan fingerprint density at radius 3 is 2.94 bits per heavy atom. The number of ketones is 1. The van der Waals surface area contributed by atoms with Gasteiger partial charge in [-0.1, -0.05) is 13.0 Å². The largest absolute Gasteiger partial charge is 0.504 e. The number of aromatic nitrogens is 1. The first kappa shape index (κ1) is 20.0. The Bertz CT molecular complexity index is 1040. The van der Waals surface area contributed by atoms with Crippen molar-refractivity contribution in [1.29, 1.82) is 0 Å². The molecule has 162 valence electrons. The van der Waals surface area contributed by atoms with Crippen molar-refractivity contribution in [2.75, 3.05) is 7.11 Å². The van der Waals surface area contributed by atoms with E-state index in [2.05, 4.69) is 10.3 Å². The summed E-state index contributed by atoms with van der Waals surface area (Å²) in [5.41, 5.74) is 2.88. The number of ether oxygens (including phenoxy) is 1. The van der Waals surface area contributed by atoms with E-state index < -0.39 is 11.3 Å². The number of phenolic OH excluding ortho intramolecular Hbond substituents is 1. The van der Waals surface area contributed by atoms with Crippen molar-refractivity contribution in [2.24, 2.45) is 23.2 Å². The van der Waals surface area contributed by atoms with Gasteiger partial charge < -0.3 is 15.2 Å². The normalized spacial score (nSPS) is 31.0. The molecule has 2 N–H and O–H groups in total. The molecule has 4 unspecified atom stereocenters. The molecule has 0 aliphatic heterocycles. The zero-order chi connectivity index (χ0) is 21.8. The standard InChI is InChI=1S/C25H28N2O4/c1-25-8-7-16-17(6-5-15-10-19(28)20(31-2)11-18(15)16)22(25)21(23(25)29)24(30)27-13-14-4-3-9-26-12-14/h3-4,9-12,16-17,21-22,28H,5-8,13H2,1-2H3,(H,27,30)/t16?,17?,21?,22?,25-/m0/s1. The quantitative estimate of drug-likeness (QED) is 0.741. The summed E-state index contributed by atoms with van der Waals surface area (Å²) in [7, 11) is 1.56. The maximum absolute atomic E-state index is 13.1. The lowest BCUT2D eigenvalue weighted by Gasteiger charge is -2.60. The zero-order valence-electron chi connectivity index (χ0n) is 17.9. The van der Waals surface area contributed by atoms with Crippen molar-refractivity contribution >= 4 is 11.7 Å². The van der Waals surface area contributed by atoms with E-state index in [4.69, 9.17) is 4.74 Å². The van der Waals surface area contributed by atoms with Crippen LogP contribution in [0.25, 0.3) is 0 Å². The molecule has 3 aliphatic rings. The maximum atomic E-state index is 13.1. The minimum atomic E-state index is -0.574. The molecule has 1 heterocycles. The van der Waals surface area contributed by atoms with Crippen LogP contribution in [0, 0.1) is 23.2 Å². The average Bonchev–Trinajstić information content (AvgIpc) is 2.79. The van der Waals surface area contributed by atoms with Crippen LogP contribution in [0.5, 0.6) is 11.5 Å². The van der Waals surface area contributed by atoms with Crippen molar-refractivity contribution in [1.82, 2.24) is 10.3 Å². The highest BCUT2D eigenvalue weighted by molar-refractivity contribution is 6.09. The highest BCUT2D eigenvalue weighted by Gasteiger charge is 2.66. The van der Waals surface area contributed by atoms with Crippen LogP contribution in [0.4, 0.5) is 0 Å². The number of methoxy groups -OCH3 is 1. The second kappa shape index (κ2) is 7.36. The highest BCUT2D eigenvalue weighted by atomic mass is 16.5. The third-order valence-electron chi connectivity index (χ3n) is 7.95. The van der Waals surface area contributed by atoms with Crippen molar-refractivity contribution in [3.63, 3.8) is 0 Å². The number of carbonyl (C=O) groups is 2. The minimum Gasteiger partial charge on any atom is -0.504 e. The summed E-state index contributed by atoms with van der Waals surface area (Å²) >= 11 is 0. The fraction of sp³-hybridized carbons (Fsp3) is 0.480. The van der Waals surface area contributed by atoms with Gasteiger partial charge in [0.1, 0.15) is 5.92 Å². The van der Waals surface area contributed by atoms with E-state index in [1.54, 1.807) is 19.5 Å². The van der Waals surface area contributed by atoms with Crippen LogP contribution < -0.4 is 10.1 Å². The molecular weight excluding hydrogens is 392 g/mol. The molecule has 0 saturated heterocycles. The lowest BCUT2D eigenvalue weighted by atomic mass is 9.41. The third-order valence-corrected chi connectivity index (χ3v) is 7.95. The first-order chi connectivity index (χ1) is 14.9. The van der Waals surface area contributed by atoms with Gasteiger partial charge in [-0.05, 0) is 78.3 Å². The fourth-order valence-electron chi connectivity index (χ4n) is 6.41. The van der Waals surface area contributed by atoms with Crippen LogP contribution in [0.2, 0.25) is 0 Å². The van der Waals surface area contributed by atoms with E-state index in [0.717, 1.165) is 36.8 Å². The number of aromatic hydroxyl groups is 1. The van der Waals surface area contributed by atoms with Crippen LogP contribution in [0.15, 0.2) is 36.7 Å². The van der Waals surface area contributed by atoms with Crippen LogP contribution in [-0.4, -0.2) is 28.9 Å². The van der Waals surface area contributed by atoms with Gasteiger partial charge in [0, 0.05) is 24.4 Å². The number of aryl methyl sites for hydroxylation is 1. The SMILES string of the molecule is COc1cc2c(cc1O)CCC1C2CC[C@]2(C)C(=O)C(C(=O)NCc3cccnc3)C12. The lowest BCUT2D eigenvalue weighted by Crippen LogP contribution is -2.66. The molecule has 0 bridgehead atoms.